The van der Waals surface area contributed by atoms with Crippen LogP contribution in [0.15, 0.2) is 18.5 Å². The van der Waals surface area contributed by atoms with E-state index in [4.69, 9.17) is 34.3 Å². The molecule has 1 fully saturated rings. The number of anilines is 1. The summed E-state index contributed by atoms with van der Waals surface area (Å²) >= 11 is 0. The Morgan fingerprint density at radius 1 is 1.40 bits per heavy atom. The van der Waals surface area contributed by atoms with Gasteiger partial charge in [-0.3, -0.25) is 9.05 Å². The minimum Gasteiger partial charge on any atom is -0.434 e. The molecule has 162 valence electrons. The van der Waals surface area contributed by atoms with Gasteiger partial charge < -0.3 is 24.8 Å². The molecular weight excluding hydrogens is 421 g/mol. The first-order chi connectivity index (χ1) is 14.2. The molecule has 0 radical (unpaired) electrons. The van der Waals surface area contributed by atoms with Crippen LogP contribution in [0.25, 0.3) is 5.52 Å². The number of carbonyl (C=O) groups is 1. The van der Waals surface area contributed by atoms with E-state index < -0.39 is 38.9 Å². The summed E-state index contributed by atoms with van der Waals surface area (Å²) in [5, 5.41) is 13.0. The summed E-state index contributed by atoms with van der Waals surface area (Å²) in [6, 6.07) is 3.14. The Labute approximate surface area is 170 Å². The summed E-state index contributed by atoms with van der Waals surface area (Å²) in [6.07, 6.45) is -2.05. The van der Waals surface area contributed by atoms with Crippen molar-refractivity contribution in [3.8, 4) is 6.26 Å². The van der Waals surface area contributed by atoms with Crippen LogP contribution >= 0.6 is 7.82 Å². The van der Waals surface area contributed by atoms with Gasteiger partial charge in [-0.05, 0) is 18.1 Å². The number of nitrogens with two attached hydrogens (primary N) is 1. The number of ether oxygens (including phenoxy) is 3. The third-order valence-corrected chi connectivity index (χ3v) is 5.08. The van der Waals surface area contributed by atoms with Crippen LogP contribution in [0.2, 0.25) is 0 Å². The second kappa shape index (κ2) is 8.85. The second-order valence-electron chi connectivity index (χ2n) is 6.78. The molecule has 3 heterocycles. The minimum atomic E-state index is -4.49. The number of aromatic nitrogens is 3. The van der Waals surface area contributed by atoms with Gasteiger partial charge in [-0.15, -0.1) is 0 Å². The number of fused-ring (bicyclic) bond motifs is 1. The Kier molecular flexibility index (Phi) is 6.42. The van der Waals surface area contributed by atoms with Gasteiger partial charge in [0.15, 0.2) is 11.9 Å². The van der Waals surface area contributed by atoms with E-state index in [2.05, 4.69) is 10.1 Å². The largest absolute Gasteiger partial charge is 0.508 e. The first-order valence-electron chi connectivity index (χ1n) is 8.84. The Bertz CT molecular complexity index is 1010. The van der Waals surface area contributed by atoms with Gasteiger partial charge in [0.2, 0.25) is 0 Å². The normalized spacial score (nSPS) is 24.5. The maximum absolute atomic E-state index is 12.1. The molecule has 3 N–H and O–H groups in total. The molecule has 0 aliphatic carbocycles. The highest BCUT2D eigenvalue weighted by Crippen LogP contribution is 2.58. The predicted molar refractivity (Wildman–Crippen MR) is 98.5 cm³/mol. The third-order valence-electron chi connectivity index (χ3n) is 4.07. The summed E-state index contributed by atoms with van der Waals surface area (Å²) < 4.78 is 38.5. The second-order valence-corrected chi connectivity index (χ2v) is 8.14. The molecule has 0 bridgehead atoms. The number of carbonyl (C=O) groups excluding carboxylic acids is 1. The number of hydrogen-bond acceptors (Lipinski definition) is 11. The van der Waals surface area contributed by atoms with Gasteiger partial charge in [-0.2, -0.15) is 10.4 Å². The third kappa shape index (κ3) is 4.80. The van der Waals surface area contributed by atoms with Crippen molar-refractivity contribution in [2.24, 2.45) is 5.92 Å². The fourth-order valence-electron chi connectivity index (χ4n) is 2.80. The summed E-state index contributed by atoms with van der Waals surface area (Å²) in [7, 11) is -4.49. The van der Waals surface area contributed by atoms with E-state index in [1.807, 2.05) is 13.8 Å². The van der Waals surface area contributed by atoms with Crippen molar-refractivity contribution < 1.29 is 37.5 Å². The number of nitriles is 1. The molecule has 0 spiro atoms. The van der Waals surface area contributed by atoms with E-state index in [1.165, 1.54) is 17.1 Å². The molecule has 4 atom stereocenters. The molecular formula is C16H20N5O8P. The summed E-state index contributed by atoms with van der Waals surface area (Å²) in [6.45, 7) is 3.34. The standard InChI is InChI=1S/C16H20N5O8P/c1-9(2)5-25-16(22)26-6-12(27-7-17)14-13(28-30(23,24)29-14)10-3-4-11-15(18)19-8-20-21(10)11/h3-4,8-9,12-14H,5-6H2,1-2H3,(H,23,24)(H2,18,19,20)/t12-,13+,14-/m1/s1. The smallest absolute Gasteiger partial charge is 0.434 e. The van der Waals surface area contributed by atoms with Crippen LogP contribution in [0.3, 0.4) is 0 Å². The number of phosphoric acid groups is 1. The lowest BCUT2D eigenvalue weighted by atomic mass is 10.1. The number of nitrogen functional groups attached to an aromatic ring is 1. The molecule has 1 aliphatic rings. The van der Waals surface area contributed by atoms with E-state index >= 15 is 0 Å². The van der Waals surface area contributed by atoms with Crippen LogP contribution in [-0.4, -0.2) is 51.1 Å². The highest BCUT2D eigenvalue weighted by Gasteiger charge is 2.51. The van der Waals surface area contributed by atoms with Crippen molar-refractivity contribution in [1.82, 2.24) is 14.6 Å². The van der Waals surface area contributed by atoms with Gasteiger partial charge in [0.05, 0.1) is 12.3 Å². The average molecular weight is 441 g/mol. The highest BCUT2D eigenvalue weighted by atomic mass is 31.2. The number of rotatable bonds is 7. The molecule has 0 aromatic carbocycles. The van der Waals surface area contributed by atoms with Crippen LogP contribution < -0.4 is 5.73 Å². The molecule has 0 saturated carbocycles. The molecule has 0 amide bonds. The van der Waals surface area contributed by atoms with E-state index in [-0.39, 0.29) is 18.3 Å². The summed E-state index contributed by atoms with van der Waals surface area (Å²) in [4.78, 5) is 25.5. The number of hydrogen-bond donors (Lipinski definition) is 2. The molecule has 2 aromatic heterocycles. The zero-order valence-corrected chi connectivity index (χ0v) is 17.0. The number of phosphoric ester groups is 1. The van der Waals surface area contributed by atoms with Gasteiger partial charge in [-0.1, -0.05) is 13.8 Å². The fourth-order valence-corrected chi connectivity index (χ4v) is 3.92. The maximum Gasteiger partial charge on any atom is 0.508 e. The summed E-state index contributed by atoms with van der Waals surface area (Å²) in [5.41, 5.74) is 6.53. The lowest BCUT2D eigenvalue weighted by Crippen LogP contribution is -2.37. The first-order valence-corrected chi connectivity index (χ1v) is 10.3. The van der Waals surface area contributed by atoms with Gasteiger partial charge in [0.25, 0.3) is 6.26 Å². The van der Waals surface area contributed by atoms with Crippen LogP contribution in [0.4, 0.5) is 10.6 Å². The van der Waals surface area contributed by atoms with Crippen LogP contribution in [-0.2, 0) is 27.8 Å². The van der Waals surface area contributed by atoms with E-state index in [9.17, 15) is 14.3 Å². The Hall–Kier alpha value is -2.91. The predicted octanol–water partition coefficient (Wildman–Crippen LogP) is 1.54. The van der Waals surface area contributed by atoms with Gasteiger partial charge >= 0.3 is 14.0 Å². The van der Waals surface area contributed by atoms with Crippen molar-refractivity contribution in [3.63, 3.8) is 0 Å². The van der Waals surface area contributed by atoms with E-state index in [0.717, 1.165) is 0 Å². The molecule has 30 heavy (non-hydrogen) atoms. The Morgan fingerprint density at radius 3 is 2.83 bits per heavy atom. The van der Waals surface area contributed by atoms with Crippen LogP contribution in [0.5, 0.6) is 0 Å². The highest BCUT2D eigenvalue weighted by molar-refractivity contribution is 7.47. The minimum absolute atomic E-state index is 0.0944. The SMILES string of the molecule is CC(C)COC(=O)OC[C@@H](OC#N)[C@H]1OP(=O)(O)O[C@H]1c1ccc2c(N)ncnn12. The molecule has 1 aliphatic heterocycles. The van der Waals surface area contributed by atoms with E-state index in [1.54, 1.807) is 12.1 Å². The lowest BCUT2D eigenvalue weighted by molar-refractivity contribution is -0.0384. The van der Waals surface area contributed by atoms with Crippen LogP contribution in [0, 0.1) is 17.4 Å². The zero-order chi connectivity index (χ0) is 21.9. The van der Waals surface area contributed by atoms with Gasteiger partial charge in [0, 0.05) is 0 Å². The lowest BCUT2D eigenvalue weighted by Gasteiger charge is -2.22. The number of nitrogens with zero attached hydrogens (tertiary/aromatic N) is 4. The first kappa shape index (κ1) is 21.8. The van der Waals surface area contributed by atoms with Gasteiger partial charge in [-0.25, -0.2) is 18.9 Å². The molecule has 13 nitrogen and oxygen atoms in total. The molecule has 3 rings (SSSR count). The van der Waals surface area contributed by atoms with Crippen molar-refractivity contribution in [1.29, 1.82) is 5.26 Å². The average Bonchev–Trinajstić information content (AvgIpc) is 3.24. The Balaban J connectivity index is 1.84. The molecule has 2 aromatic rings. The molecule has 14 heteroatoms. The van der Waals surface area contributed by atoms with E-state index in [0.29, 0.717) is 11.2 Å². The molecule has 1 unspecified atom stereocenters. The molecule has 1 saturated heterocycles. The topological polar surface area (TPSA) is 181 Å². The van der Waals surface area contributed by atoms with Gasteiger partial charge in [0.1, 0.15) is 30.7 Å². The summed E-state index contributed by atoms with van der Waals surface area (Å²) in [5.74, 6) is 0.275. The van der Waals surface area contributed by atoms with Crippen molar-refractivity contribution in [2.45, 2.75) is 32.2 Å². The Morgan fingerprint density at radius 2 is 2.13 bits per heavy atom. The zero-order valence-electron chi connectivity index (χ0n) is 16.1. The fraction of sp³-hybridized carbons (Fsp3) is 0.500. The van der Waals surface area contributed by atoms with Crippen molar-refractivity contribution in [3.05, 3.63) is 24.2 Å². The maximum atomic E-state index is 12.1. The quantitative estimate of drug-likeness (QED) is 0.360. The van der Waals surface area contributed by atoms with Crippen LogP contribution in [0.1, 0.15) is 25.6 Å². The van der Waals surface area contributed by atoms with Crippen molar-refractivity contribution in [2.75, 3.05) is 18.9 Å². The monoisotopic (exact) mass is 441 g/mol. The van der Waals surface area contributed by atoms with Crippen molar-refractivity contribution >= 4 is 25.3 Å².